The molecule has 80 valence electrons. The quantitative estimate of drug-likeness (QED) is 0.723. The van der Waals surface area contributed by atoms with Crippen LogP contribution in [0.2, 0.25) is 0 Å². The third-order valence-corrected chi connectivity index (χ3v) is 4.09. The minimum atomic E-state index is 0.105. The number of hydrogen-bond acceptors (Lipinski definition) is 3. The summed E-state index contributed by atoms with van der Waals surface area (Å²) in [6.45, 7) is 1.88. The van der Waals surface area contributed by atoms with Crippen LogP contribution in [0.4, 0.5) is 0 Å². The van der Waals surface area contributed by atoms with Gasteiger partial charge in [0, 0.05) is 6.54 Å². The van der Waals surface area contributed by atoms with Gasteiger partial charge in [0.25, 0.3) is 0 Å². The van der Waals surface area contributed by atoms with E-state index in [1.54, 1.807) is 0 Å². The maximum absolute atomic E-state index is 11.5. The van der Waals surface area contributed by atoms with Crippen LogP contribution in [-0.2, 0) is 4.79 Å². The van der Waals surface area contributed by atoms with E-state index < -0.39 is 0 Å². The number of rotatable bonds is 3. The van der Waals surface area contributed by atoms with Gasteiger partial charge in [-0.2, -0.15) is 11.8 Å². The number of hydrogen-bond donors (Lipinski definition) is 2. The molecule has 2 N–H and O–H groups in total. The summed E-state index contributed by atoms with van der Waals surface area (Å²) in [6, 6.07) is 0.105. The van der Waals surface area contributed by atoms with Crippen molar-refractivity contribution >= 4 is 17.7 Å². The topological polar surface area (TPSA) is 41.1 Å². The zero-order chi connectivity index (χ0) is 9.80. The highest BCUT2D eigenvalue weighted by atomic mass is 32.2. The Balaban J connectivity index is 1.62. The summed E-state index contributed by atoms with van der Waals surface area (Å²) in [5.74, 6) is 3.46. The lowest BCUT2D eigenvalue weighted by Crippen LogP contribution is -2.53. The largest absolute Gasteiger partial charge is 0.354 e. The Bertz CT molecular complexity index is 200. The van der Waals surface area contributed by atoms with Gasteiger partial charge in [0.1, 0.15) is 0 Å². The molecule has 0 aromatic heterocycles. The van der Waals surface area contributed by atoms with E-state index in [-0.39, 0.29) is 11.9 Å². The fraction of sp³-hybridized carbons (Fsp3) is 0.900. The normalized spacial score (nSPS) is 28.1. The van der Waals surface area contributed by atoms with Crippen molar-refractivity contribution in [1.82, 2.24) is 10.6 Å². The maximum atomic E-state index is 11.5. The van der Waals surface area contributed by atoms with Crippen molar-refractivity contribution in [1.29, 1.82) is 0 Å². The second kappa shape index (κ2) is 5.03. The molecule has 0 aromatic rings. The lowest BCUT2D eigenvalue weighted by Gasteiger charge is -2.28. The molecule has 0 bridgehead atoms. The van der Waals surface area contributed by atoms with Crippen molar-refractivity contribution in [3.8, 4) is 0 Å². The van der Waals surface area contributed by atoms with E-state index in [1.807, 2.05) is 11.8 Å². The molecule has 0 saturated carbocycles. The van der Waals surface area contributed by atoms with Gasteiger partial charge in [-0.1, -0.05) is 0 Å². The molecule has 1 atom stereocenters. The third-order valence-electron chi connectivity index (χ3n) is 3.05. The minimum absolute atomic E-state index is 0.105. The highest BCUT2D eigenvalue weighted by molar-refractivity contribution is 7.99. The third kappa shape index (κ3) is 2.64. The Hall–Kier alpha value is -0.220. The summed E-state index contributed by atoms with van der Waals surface area (Å²) in [6.07, 6.45) is 3.54. The number of carbonyl (C=O) groups is 1. The first-order chi connectivity index (χ1) is 6.86. The van der Waals surface area contributed by atoms with E-state index in [0.717, 1.165) is 25.4 Å². The molecule has 2 heterocycles. The van der Waals surface area contributed by atoms with Crippen molar-refractivity contribution in [2.24, 2.45) is 5.92 Å². The lowest BCUT2D eigenvalue weighted by atomic mass is 10.0. The monoisotopic (exact) mass is 214 g/mol. The van der Waals surface area contributed by atoms with Gasteiger partial charge in [0.05, 0.1) is 6.04 Å². The Morgan fingerprint density at radius 1 is 1.36 bits per heavy atom. The first kappa shape index (κ1) is 10.3. The molecule has 0 spiro atoms. The second-order valence-corrected chi connectivity index (χ2v) is 5.32. The molecule has 2 aliphatic rings. The summed E-state index contributed by atoms with van der Waals surface area (Å²) >= 11 is 2.03. The van der Waals surface area contributed by atoms with Crippen LogP contribution in [-0.4, -0.2) is 36.5 Å². The zero-order valence-electron chi connectivity index (χ0n) is 8.42. The summed E-state index contributed by atoms with van der Waals surface area (Å²) in [7, 11) is 0. The highest BCUT2D eigenvalue weighted by Crippen LogP contribution is 2.21. The molecule has 0 aromatic carbocycles. The van der Waals surface area contributed by atoms with Crippen molar-refractivity contribution in [2.45, 2.75) is 25.3 Å². The molecule has 1 amide bonds. The van der Waals surface area contributed by atoms with Gasteiger partial charge in [-0.3, -0.25) is 4.79 Å². The van der Waals surface area contributed by atoms with Gasteiger partial charge in [-0.25, -0.2) is 0 Å². The van der Waals surface area contributed by atoms with Crippen molar-refractivity contribution in [3.63, 3.8) is 0 Å². The van der Waals surface area contributed by atoms with E-state index >= 15 is 0 Å². The molecule has 0 radical (unpaired) electrons. The highest BCUT2D eigenvalue weighted by Gasteiger charge is 2.24. The predicted molar refractivity (Wildman–Crippen MR) is 59.5 cm³/mol. The van der Waals surface area contributed by atoms with Crippen LogP contribution in [0.25, 0.3) is 0 Å². The number of carbonyl (C=O) groups excluding carboxylic acids is 1. The average Bonchev–Trinajstić information content (AvgIpc) is 2.14. The van der Waals surface area contributed by atoms with Gasteiger partial charge in [0.15, 0.2) is 0 Å². The van der Waals surface area contributed by atoms with Gasteiger partial charge in [-0.05, 0) is 43.2 Å². The Morgan fingerprint density at radius 2 is 2.07 bits per heavy atom. The summed E-state index contributed by atoms with van der Waals surface area (Å²) in [4.78, 5) is 11.5. The summed E-state index contributed by atoms with van der Waals surface area (Å²) in [5, 5.41) is 6.16. The van der Waals surface area contributed by atoms with Crippen LogP contribution in [0.1, 0.15) is 19.3 Å². The maximum Gasteiger partial charge on any atom is 0.237 e. The molecule has 0 aliphatic carbocycles. The van der Waals surface area contributed by atoms with Crippen LogP contribution >= 0.6 is 11.8 Å². The van der Waals surface area contributed by atoms with Crippen LogP contribution in [0.3, 0.4) is 0 Å². The summed E-state index contributed by atoms with van der Waals surface area (Å²) in [5.41, 5.74) is 0. The smallest absolute Gasteiger partial charge is 0.237 e. The molecule has 2 rings (SSSR count). The number of amides is 1. The first-order valence-corrected chi connectivity index (χ1v) is 6.60. The average molecular weight is 214 g/mol. The molecular weight excluding hydrogens is 196 g/mol. The van der Waals surface area contributed by atoms with E-state index in [4.69, 9.17) is 0 Å². The van der Waals surface area contributed by atoms with Gasteiger partial charge < -0.3 is 10.6 Å². The van der Waals surface area contributed by atoms with E-state index in [0.29, 0.717) is 0 Å². The fourth-order valence-electron chi connectivity index (χ4n) is 1.83. The minimum Gasteiger partial charge on any atom is -0.354 e. The standard InChI is InChI=1S/C10H18N2OS/c13-10(9-1-4-11-9)12-7-8-2-5-14-6-3-8/h8-9,11H,1-7H2,(H,12,13)/t9-/m1/s1. The second-order valence-electron chi connectivity index (χ2n) is 4.10. The van der Waals surface area contributed by atoms with Crippen LogP contribution in [0, 0.1) is 5.92 Å². The van der Waals surface area contributed by atoms with Gasteiger partial charge in [0.2, 0.25) is 5.91 Å². The Kier molecular flexibility index (Phi) is 3.70. The molecule has 2 fully saturated rings. The predicted octanol–water partition coefficient (Wildman–Crippen LogP) is 0.608. The van der Waals surface area contributed by atoms with Crippen molar-refractivity contribution < 1.29 is 4.79 Å². The fourth-order valence-corrected chi connectivity index (χ4v) is 3.04. The molecule has 14 heavy (non-hydrogen) atoms. The van der Waals surface area contributed by atoms with E-state index in [1.165, 1.54) is 24.3 Å². The molecule has 3 nitrogen and oxygen atoms in total. The van der Waals surface area contributed by atoms with Gasteiger partial charge in [-0.15, -0.1) is 0 Å². The lowest BCUT2D eigenvalue weighted by molar-refractivity contribution is -0.124. The Labute approximate surface area is 89.4 Å². The molecule has 2 aliphatic heterocycles. The first-order valence-electron chi connectivity index (χ1n) is 5.45. The van der Waals surface area contributed by atoms with Gasteiger partial charge >= 0.3 is 0 Å². The van der Waals surface area contributed by atoms with Crippen LogP contribution in [0.15, 0.2) is 0 Å². The number of thioether (sulfide) groups is 1. The van der Waals surface area contributed by atoms with Crippen LogP contribution in [0.5, 0.6) is 0 Å². The van der Waals surface area contributed by atoms with E-state index in [2.05, 4.69) is 10.6 Å². The summed E-state index contributed by atoms with van der Waals surface area (Å²) < 4.78 is 0. The zero-order valence-corrected chi connectivity index (χ0v) is 9.24. The van der Waals surface area contributed by atoms with Crippen molar-refractivity contribution in [3.05, 3.63) is 0 Å². The SMILES string of the molecule is O=C(NCC1CCSCC1)[C@H]1CCN1. The van der Waals surface area contributed by atoms with Crippen molar-refractivity contribution in [2.75, 3.05) is 24.6 Å². The van der Waals surface area contributed by atoms with E-state index in [9.17, 15) is 4.79 Å². The molecule has 0 unspecified atom stereocenters. The Morgan fingerprint density at radius 3 is 2.64 bits per heavy atom. The molecule has 2 saturated heterocycles. The molecule has 4 heteroatoms. The molecular formula is C10H18N2OS. The number of nitrogens with one attached hydrogen (secondary N) is 2. The van der Waals surface area contributed by atoms with Crippen LogP contribution < -0.4 is 10.6 Å².